The second kappa shape index (κ2) is 7.77. The number of anilines is 4. The van der Waals surface area contributed by atoms with Gasteiger partial charge in [-0.05, 0) is 6.42 Å². The van der Waals surface area contributed by atoms with Crippen LogP contribution in [-0.2, 0) is 4.79 Å². The van der Waals surface area contributed by atoms with E-state index in [4.69, 9.17) is 9.47 Å². The maximum atomic E-state index is 14.6. The lowest BCUT2D eigenvalue weighted by atomic mass is 10.2. The second-order valence-electron chi connectivity index (χ2n) is 7.53. The molecule has 0 radical (unpaired) electrons. The Morgan fingerprint density at radius 1 is 1.28 bits per heavy atom. The normalized spacial score (nSPS) is 19.0. The molecule has 1 saturated carbocycles. The van der Waals surface area contributed by atoms with E-state index < -0.39 is 17.8 Å². The number of halogens is 3. The Kier molecular flexibility index (Phi) is 4.91. The number of nitrogens with one attached hydrogen (secondary N) is 3. The van der Waals surface area contributed by atoms with Gasteiger partial charge in [0.15, 0.2) is 28.8 Å². The summed E-state index contributed by atoms with van der Waals surface area (Å²) in [5, 5.41) is 12.6. The molecule has 2 aromatic heterocycles. The Labute approximate surface area is 179 Å². The molecule has 3 heterocycles. The molecule has 0 unspecified atom stereocenters. The monoisotopic (exact) mass is 448 g/mol. The van der Waals surface area contributed by atoms with E-state index in [0.717, 1.165) is 6.07 Å². The highest BCUT2D eigenvalue weighted by molar-refractivity contribution is 5.95. The smallest absolute Gasteiger partial charge is 0.224 e. The molecule has 1 aliphatic heterocycles. The van der Waals surface area contributed by atoms with Crippen LogP contribution in [0.5, 0.6) is 11.5 Å². The molecule has 12 heteroatoms. The van der Waals surface area contributed by atoms with Crippen molar-refractivity contribution < 1.29 is 27.4 Å². The number of fused-ring (bicyclic) bond motifs is 2. The van der Waals surface area contributed by atoms with Gasteiger partial charge in [-0.25, -0.2) is 18.2 Å². The minimum atomic E-state index is -1.14. The number of alkyl halides is 1. The summed E-state index contributed by atoms with van der Waals surface area (Å²) in [7, 11) is 1.65. The first-order valence-corrected chi connectivity index (χ1v) is 9.99. The van der Waals surface area contributed by atoms with Gasteiger partial charge in [0.2, 0.25) is 5.91 Å². The van der Waals surface area contributed by atoms with Gasteiger partial charge in [0.1, 0.15) is 42.4 Å². The number of nitrogens with zero attached hydrogens (tertiary/aromatic N) is 3. The van der Waals surface area contributed by atoms with Crippen molar-refractivity contribution in [2.24, 2.45) is 5.92 Å². The van der Waals surface area contributed by atoms with Crippen LogP contribution in [0.15, 0.2) is 18.3 Å². The first-order valence-electron chi connectivity index (χ1n) is 9.99. The molecule has 1 fully saturated rings. The summed E-state index contributed by atoms with van der Waals surface area (Å²) in [5.74, 6) is -2.14. The molecule has 0 spiro atoms. The lowest BCUT2D eigenvalue weighted by Crippen LogP contribution is -2.17. The van der Waals surface area contributed by atoms with Gasteiger partial charge in [0.05, 0.1) is 6.20 Å². The maximum absolute atomic E-state index is 14.6. The molecule has 9 nitrogen and oxygen atoms in total. The van der Waals surface area contributed by atoms with Crippen LogP contribution in [0.2, 0.25) is 0 Å². The van der Waals surface area contributed by atoms with E-state index in [1.165, 1.54) is 16.8 Å². The topological polar surface area (TPSA) is 102 Å². The molecule has 168 valence electrons. The molecule has 3 N–H and O–H groups in total. The predicted molar refractivity (Wildman–Crippen MR) is 109 cm³/mol. The summed E-state index contributed by atoms with van der Waals surface area (Å²) in [4.78, 5) is 16.6. The standard InChI is InChI=1S/C20H19F3N6O3/c1-24-15-7-14(27-18-17(23)11(22)6-13-19(18)32-3-2-31-13)28-20-12(8-25-29(15)20)26-16(30)5-9-4-10(9)21/h6-10,24H,2-5H2,1H3,(H,26,30)(H,27,28)/t9-,10-/m0/s1. The van der Waals surface area contributed by atoms with Crippen molar-refractivity contribution in [3.05, 3.63) is 30.0 Å². The van der Waals surface area contributed by atoms with Gasteiger partial charge in [-0.2, -0.15) is 9.61 Å². The molecule has 1 amide bonds. The maximum Gasteiger partial charge on any atom is 0.224 e. The van der Waals surface area contributed by atoms with Crippen molar-refractivity contribution in [2.75, 3.05) is 36.2 Å². The third kappa shape index (κ3) is 3.61. The number of aromatic nitrogens is 3. The summed E-state index contributed by atoms with van der Waals surface area (Å²) in [6.45, 7) is 0.398. The number of benzene rings is 1. The van der Waals surface area contributed by atoms with Crippen LogP contribution in [-0.4, -0.2) is 46.9 Å². The third-order valence-electron chi connectivity index (χ3n) is 5.26. The van der Waals surface area contributed by atoms with E-state index in [1.807, 2.05) is 0 Å². The first-order chi connectivity index (χ1) is 15.4. The minimum absolute atomic E-state index is 0.0371. The van der Waals surface area contributed by atoms with Crippen molar-refractivity contribution in [3.8, 4) is 11.5 Å². The fraction of sp³-hybridized carbons (Fsp3) is 0.350. The Morgan fingerprint density at radius 3 is 2.81 bits per heavy atom. The van der Waals surface area contributed by atoms with Crippen molar-refractivity contribution in [2.45, 2.75) is 19.0 Å². The van der Waals surface area contributed by atoms with E-state index >= 15 is 0 Å². The van der Waals surface area contributed by atoms with Crippen LogP contribution in [0.4, 0.5) is 36.2 Å². The largest absolute Gasteiger partial charge is 0.486 e. The van der Waals surface area contributed by atoms with Gasteiger partial charge < -0.3 is 25.4 Å². The third-order valence-corrected chi connectivity index (χ3v) is 5.26. The Bertz CT molecular complexity index is 1220. The minimum Gasteiger partial charge on any atom is -0.486 e. The van der Waals surface area contributed by atoms with E-state index in [2.05, 4.69) is 26.0 Å². The van der Waals surface area contributed by atoms with Crippen LogP contribution < -0.4 is 25.4 Å². The van der Waals surface area contributed by atoms with E-state index in [0.29, 0.717) is 17.9 Å². The molecule has 0 bridgehead atoms. The molecular weight excluding hydrogens is 429 g/mol. The van der Waals surface area contributed by atoms with E-state index in [9.17, 15) is 18.0 Å². The van der Waals surface area contributed by atoms with Crippen molar-refractivity contribution in [3.63, 3.8) is 0 Å². The number of rotatable bonds is 6. The van der Waals surface area contributed by atoms with E-state index in [-0.39, 0.29) is 60.1 Å². The zero-order valence-electron chi connectivity index (χ0n) is 16.9. The number of carbonyl (C=O) groups is 1. The van der Waals surface area contributed by atoms with Crippen LogP contribution in [0.3, 0.4) is 0 Å². The van der Waals surface area contributed by atoms with Gasteiger partial charge in [-0.15, -0.1) is 0 Å². The lowest BCUT2D eigenvalue weighted by molar-refractivity contribution is -0.116. The zero-order valence-corrected chi connectivity index (χ0v) is 16.9. The molecule has 1 aliphatic carbocycles. The summed E-state index contributed by atoms with van der Waals surface area (Å²) < 4.78 is 54.1. The summed E-state index contributed by atoms with van der Waals surface area (Å²) >= 11 is 0. The molecule has 3 aromatic rings. The van der Waals surface area contributed by atoms with Gasteiger partial charge in [0, 0.05) is 31.5 Å². The fourth-order valence-electron chi connectivity index (χ4n) is 3.53. The van der Waals surface area contributed by atoms with Gasteiger partial charge in [0.25, 0.3) is 0 Å². The van der Waals surface area contributed by atoms with E-state index in [1.54, 1.807) is 7.05 Å². The summed E-state index contributed by atoms with van der Waals surface area (Å²) in [6.07, 6.45) is 0.917. The number of hydrogen-bond donors (Lipinski definition) is 3. The molecule has 2 aliphatic rings. The highest BCUT2D eigenvalue weighted by Crippen LogP contribution is 2.42. The van der Waals surface area contributed by atoms with Crippen LogP contribution >= 0.6 is 0 Å². The SMILES string of the molecule is CNc1cc(Nc2c(F)c(F)cc3c2OCCO3)nc2c(NC(=O)C[C@@H]3C[C@@H]3F)cnn12. The molecule has 1 aromatic carbocycles. The first kappa shape index (κ1) is 20.2. The van der Waals surface area contributed by atoms with Gasteiger partial charge in [-0.3, -0.25) is 4.79 Å². The highest BCUT2D eigenvalue weighted by Gasteiger charge is 2.38. The molecule has 5 rings (SSSR count). The Morgan fingerprint density at radius 2 is 2.06 bits per heavy atom. The van der Waals surface area contributed by atoms with Crippen molar-refractivity contribution >= 4 is 34.6 Å². The average molecular weight is 448 g/mol. The number of ether oxygens (including phenoxy) is 2. The van der Waals surface area contributed by atoms with Gasteiger partial charge in [-0.1, -0.05) is 0 Å². The average Bonchev–Trinajstić information content (AvgIpc) is 3.32. The summed E-state index contributed by atoms with van der Waals surface area (Å²) in [5.41, 5.74) is 0.294. The Balaban J connectivity index is 1.50. The van der Waals surface area contributed by atoms with Crippen molar-refractivity contribution in [1.82, 2.24) is 14.6 Å². The highest BCUT2D eigenvalue weighted by atomic mass is 19.2. The van der Waals surface area contributed by atoms with Crippen LogP contribution in [0.1, 0.15) is 12.8 Å². The number of carbonyl (C=O) groups excluding carboxylic acids is 1. The quantitative estimate of drug-likeness (QED) is 0.532. The van der Waals surface area contributed by atoms with Crippen molar-refractivity contribution in [1.29, 1.82) is 0 Å². The fourth-order valence-corrected chi connectivity index (χ4v) is 3.53. The van der Waals surface area contributed by atoms with Crippen LogP contribution in [0.25, 0.3) is 5.65 Å². The zero-order chi connectivity index (χ0) is 22.4. The summed E-state index contributed by atoms with van der Waals surface area (Å²) in [6, 6.07) is 2.46. The Hall–Kier alpha value is -3.70. The predicted octanol–water partition coefficient (Wildman–Crippen LogP) is 3.25. The number of amides is 1. The van der Waals surface area contributed by atoms with Gasteiger partial charge >= 0.3 is 0 Å². The molecule has 2 atom stereocenters. The lowest BCUT2D eigenvalue weighted by Gasteiger charge is -2.22. The molecule has 32 heavy (non-hydrogen) atoms. The van der Waals surface area contributed by atoms with Crippen LogP contribution in [0, 0.1) is 17.6 Å². The molecule has 0 saturated heterocycles. The second-order valence-corrected chi connectivity index (χ2v) is 7.53. The molecular formula is C20H19F3N6O3. The number of hydrogen-bond acceptors (Lipinski definition) is 7.